The van der Waals surface area contributed by atoms with Crippen LogP contribution in [0.5, 0.6) is 0 Å². The molecule has 1 saturated heterocycles. The highest BCUT2D eigenvalue weighted by molar-refractivity contribution is 7.89. The number of nitrogens with one attached hydrogen (secondary N) is 3. The maximum atomic E-state index is 12.7. The Morgan fingerprint density at radius 3 is 2.45 bits per heavy atom. The summed E-state index contributed by atoms with van der Waals surface area (Å²) in [4.78, 5) is 25.0. The van der Waals surface area contributed by atoms with Crippen LogP contribution in [0.25, 0.3) is 0 Å². The molecule has 1 aliphatic rings. The van der Waals surface area contributed by atoms with E-state index in [0.717, 1.165) is 10.5 Å². The molecule has 0 bridgehead atoms. The zero-order valence-electron chi connectivity index (χ0n) is 16.2. The third-order valence-electron chi connectivity index (χ3n) is 4.76. The van der Waals surface area contributed by atoms with Gasteiger partial charge in [-0.3, -0.25) is 10.1 Å². The van der Waals surface area contributed by atoms with E-state index >= 15 is 0 Å². The normalized spacial score (nSPS) is 15.8. The predicted molar refractivity (Wildman–Crippen MR) is 105 cm³/mol. The number of sulfonamides is 1. The van der Waals surface area contributed by atoms with Gasteiger partial charge in [0, 0.05) is 0 Å². The molecule has 9 nitrogen and oxygen atoms in total. The Morgan fingerprint density at radius 1 is 1.14 bits per heavy atom. The van der Waals surface area contributed by atoms with Gasteiger partial charge in [0.25, 0.3) is 5.91 Å². The van der Waals surface area contributed by atoms with Crippen LogP contribution >= 0.6 is 0 Å². The summed E-state index contributed by atoms with van der Waals surface area (Å²) in [6.45, 7) is 3.83. The first-order valence-electron chi connectivity index (χ1n) is 9.35. The van der Waals surface area contributed by atoms with E-state index in [-0.39, 0.29) is 18.0 Å². The molecule has 1 aromatic carbocycles. The Balaban J connectivity index is 1.43. The molecule has 3 rings (SSSR count). The van der Waals surface area contributed by atoms with Crippen LogP contribution in [0.2, 0.25) is 0 Å². The first-order valence-corrected chi connectivity index (χ1v) is 10.8. The van der Waals surface area contributed by atoms with Crippen molar-refractivity contribution in [3.8, 4) is 0 Å². The quantitative estimate of drug-likeness (QED) is 0.582. The van der Waals surface area contributed by atoms with Crippen molar-refractivity contribution in [2.24, 2.45) is 0 Å². The number of quaternary nitrogens is 1. The molecule has 1 aromatic heterocycles. The zero-order chi connectivity index (χ0) is 20.9. The number of benzene rings is 1. The topological polar surface area (TPSA) is 113 Å². The lowest BCUT2D eigenvalue weighted by molar-refractivity contribution is -0.895. The van der Waals surface area contributed by atoms with Gasteiger partial charge in [0.2, 0.25) is 10.0 Å². The predicted octanol–water partition coefficient (Wildman–Crippen LogP) is -0.497. The van der Waals surface area contributed by atoms with E-state index in [4.69, 9.17) is 4.42 Å². The second kappa shape index (κ2) is 9.21. The minimum absolute atomic E-state index is 0.104. The Bertz CT molecular complexity index is 933. The fourth-order valence-corrected chi connectivity index (χ4v) is 4.54. The van der Waals surface area contributed by atoms with Crippen LogP contribution in [-0.2, 0) is 21.4 Å². The number of piperazine rings is 1. The number of nitrogens with zero attached hydrogens (tertiary/aromatic N) is 1. The average molecular weight is 421 g/mol. The van der Waals surface area contributed by atoms with E-state index in [1.165, 1.54) is 10.6 Å². The molecule has 0 atom stereocenters. The Morgan fingerprint density at radius 2 is 1.83 bits per heavy atom. The molecule has 1 aliphatic heterocycles. The zero-order valence-corrected chi connectivity index (χ0v) is 17.0. The standard InChI is InChI=1S/C19H24N4O5S/c1-15-4-6-17(7-5-15)29(26,27)23-10-8-22(9-11-23)14-18(24)21-19(25)20-13-16-3-2-12-28-16/h2-7,12H,8-11,13-14H2,1H3,(H2,20,21,24,25)/p+1. The highest BCUT2D eigenvalue weighted by atomic mass is 32.2. The van der Waals surface area contributed by atoms with Crippen molar-refractivity contribution >= 4 is 22.0 Å². The maximum Gasteiger partial charge on any atom is 0.321 e. The number of carbonyl (C=O) groups excluding carboxylic acids is 2. The maximum absolute atomic E-state index is 12.7. The number of carbonyl (C=O) groups is 2. The second-order valence-electron chi connectivity index (χ2n) is 6.95. The first kappa shape index (κ1) is 21.0. The molecule has 3 N–H and O–H groups in total. The van der Waals surface area contributed by atoms with Gasteiger partial charge in [-0.15, -0.1) is 0 Å². The molecule has 0 radical (unpaired) electrons. The molecule has 0 aliphatic carbocycles. The number of rotatable bonds is 6. The van der Waals surface area contributed by atoms with E-state index in [1.54, 1.807) is 36.4 Å². The smallest absolute Gasteiger partial charge is 0.321 e. The van der Waals surface area contributed by atoms with Crippen LogP contribution in [0.3, 0.4) is 0 Å². The lowest BCUT2D eigenvalue weighted by Crippen LogP contribution is -3.15. The minimum Gasteiger partial charge on any atom is -0.467 e. The summed E-state index contributed by atoms with van der Waals surface area (Å²) in [7, 11) is -3.53. The van der Waals surface area contributed by atoms with Crippen LogP contribution in [0.1, 0.15) is 11.3 Å². The molecule has 156 valence electrons. The van der Waals surface area contributed by atoms with Crippen molar-refractivity contribution in [3.63, 3.8) is 0 Å². The van der Waals surface area contributed by atoms with E-state index in [2.05, 4.69) is 10.6 Å². The van der Waals surface area contributed by atoms with Crippen molar-refractivity contribution in [2.75, 3.05) is 32.7 Å². The van der Waals surface area contributed by atoms with Crippen molar-refractivity contribution in [1.29, 1.82) is 0 Å². The SMILES string of the molecule is Cc1ccc(S(=O)(=O)N2CC[NH+](CC(=O)NC(=O)NCc3ccco3)CC2)cc1. The van der Waals surface area contributed by atoms with Crippen LogP contribution in [-0.4, -0.2) is 57.4 Å². The summed E-state index contributed by atoms with van der Waals surface area (Å²) in [5, 5.41) is 4.82. The molecule has 2 aromatic rings. The van der Waals surface area contributed by atoms with Crippen LogP contribution < -0.4 is 15.5 Å². The van der Waals surface area contributed by atoms with Crippen LogP contribution in [0, 0.1) is 6.92 Å². The lowest BCUT2D eigenvalue weighted by atomic mass is 10.2. The number of hydrogen-bond donors (Lipinski definition) is 3. The van der Waals surface area contributed by atoms with Gasteiger partial charge in [-0.1, -0.05) is 17.7 Å². The monoisotopic (exact) mass is 421 g/mol. The number of amides is 3. The van der Waals surface area contributed by atoms with Crippen molar-refractivity contribution < 1.29 is 27.3 Å². The second-order valence-corrected chi connectivity index (χ2v) is 8.89. The third-order valence-corrected chi connectivity index (χ3v) is 6.67. The Hall–Kier alpha value is -2.69. The van der Waals surface area contributed by atoms with E-state index < -0.39 is 22.0 Å². The van der Waals surface area contributed by atoms with Gasteiger partial charge in [0.15, 0.2) is 6.54 Å². The molecule has 3 amide bonds. The number of aryl methyl sites for hydroxylation is 1. The summed E-state index contributed by atoms with van der Waals surface area (Å²) < 4.78 is 32.0. The summed E-state index contributed by atoms with van der Waals surface area (Å²) in [6.07, 6.45) is 1.50. The van der Waals surface area contributed by atoms with Crippen LogP contribution in [0.15, 0.2) is 52.0 Å². The molecule has 0 spiro atoms. The molecule has 2 heterocycles. The van der Waals surface area contributed by atoms with Crippen LogP contribution in [0.4, 0.5) is 4.79 Å². The summed E-state index contributed by atoms with van der Waals surface area (Å²) in [5.74, 6) is 0.177. The molecule has 0 saturated carbocycles. The summed E-state index contributed by atoms with van der Waals surface area (Å²) in [6, 6.07) is 9.60. The van der Waals surface area contributed by atoms with Gasteiger partial charge in [-0.2, -0.15) is 4.31 Å². The molecular weight excluding hydrogens is 396 g/mol. The fraction of sp³-hybridized carbons (Fsp3) is 0.368. The number of furan rings is 1. The highest BCUT2D eigenvalue weighted by Gasteiger charge is 2.31. The van der Waals surface area contributed by atoms with Gasteiger partial charge in [-0.25, -0.2) is 13.2 Å². The van der Waals surface area contributed by atoms with E-state index in [9.17, 15) is 18.0 Å². The molecule has 29 heavy (non-hydrogen) atoms. The van der Waals surface area contributed by atoms with Gasteiger partial charge >= 0.3 is 6.03 Å². The Labute approximate surface area is 169 Å². The minimum atomic E-state index is -3.53. The van der Waals surface area contributed by atoms with Gasteiger partial charge < -0.3 is 14.6 Å². The molecule has 1 fully saturated rings. The Kier molecular flexibility index (Phi) is 6.68. The van der Waals surface area contributed by atoms with E-state index in [0.29, 0.717) is 31.9 Å². The van der Waals surface area contributed by atoms with Gasteiger partial charge in [0.1, 0.15) is 5.76 Å². The molecule has 0 unspecified atom stereocenters. The fourth-order valence-electron chi connectivity index (χ4n) is 3.10. The lowest BCUT2D eigenvalue weighted by Gasteiger charge is -2.31. The van der Waals surface area contributed by atoms with E-state index in [1.807, 2.05) is 6.92 Å². The van der Waals surface area contributed by atoms with Crippen molar-refractivity contribution in [2.45, 2.75) is 18.4 Å². The van der Waals surface area contributed by atoms with Crippen molar-refractivity contribution in [3.05, 3.63) is 54.0 Å². The van der Waals surface area contributed by atoms with Gasteiger partial charge in [-0.05, 0) is 31.2 Å². The first-order chi connectivity index (χ1) is 13.8. The molecular formula is C19H25N4O5S+. The number of hydrogen-bond acceptors (Lipinski definition) is 5. The highest BCUT2D eigenvalue weighted by Crippen LogP contribution is 2.16. The third kappa shape index (κ3) is 5.66. The van der Waals surface area contributed by atoms with Gasteiger partial charge in [0.05, 0.1) is 43.9 Å². The largest absolute Gasteiger partial charge is 0.467 e. The summed E-state index contributed by atoms with van der Waals surface area (Å²) in [5.41, 5.74) is 0.998. The average Bonchev–Trinajstić information content (AvgIpc) is 3.21. The molecule has 10 heteroatoms. The number of urea groups is 1. The summed E-state index contributed by atoms with van der Waals surface area (Å²) >= 11 is 0. The van der Waals surface area contributed by atoms with Crippen molar-refractivity contribution in [1.82, 2.24) is 14.9 Å². The number of imide groups is 1.